The summed E-state index contributed by atoms with van der Waals surface area (Å²) in [6.45, 7) is 1.51. The summed E-state index contributed by atoms with van der Waals surface area (Å²) >= 11 is 5.88. The molecule has 1 atom stereocenters. The first-order valence-electron chi connectivity index (χ1n) is 8.15. The van der Waals surface area contributed by atoms with Crippen LogP contribution in [0.4, 0.5) is 13.2 Å². The van der Waals surface area contributed by atoms with Crippen molar-refractivity contribution in [2.45, 2.75) is 25.4 Å². The fourth-order valence-electron chi connectivity index (χ4n) is 2.57. The van der Waals surface area contributed by atoms with Gasteiger partial charge >= 0.3 is 6.36 Å². The highest BCUT2D eigenvalue weighted by Crippen LogP contribution is 2.23. The van der Waals surface area contributed by atoms with E-state index in [1.165, 1.54) is 29.9 Å². The first-order valence-corrected chi connectivity index (χ1v) is 8.53. The molecule has 150 valence electrons. The monoisotopic (exact) mass is 423 g/mol. The normalized spacial score (nSPS) is 13.5. The molecule has 29 heavy (non-hydrogen) atoms. The molecule has 2 heterocycles. The van der Waals surface area contributed by atoms with E-state index in [9.17, 15) is 23.2 Å². The van der Waals surface area contributed by atoms with Crippen LogP contribution in [0.15, 0.2) is 42.7 Å². The van der Waals surface area contributed by atoms with Gasteiger partial charge in [0.15, 0.2) is 0 Å². The van der Waals surface area contributed by atoms with Crippen molar-refractivity contribution in [2.24, 2.45) is 0 Å². The van der Waals surface area contributed by atoms with E-state index < -0.39 is 23.6 Å². The average molecular weight is 424 g/mol. The van der Waals surface area contributed by atoms with Crippen LogP contribution in [0.5, 0.6) is 5.75 Å². The third-order valence-corrected chi connectivity index (χ3v) is 4.04. The molecule has 0 spiro atoms. The van der Waals surface area contributed by atoms with Gasteiger partial charge in [0.2, 0.25) is 0 Å². The summed E-state index contributed by atoms with van der Waals surface area (Å²) in [6.07, 6.45) is -1.75. The molecule has 0 bridgehead atoms. The third kappa shape index (κ3) is 5.14. The number of carbonyl (C=O) groups excluding carboxylic acids is 1. The van der Waals surface area contributed by atoms with Gasteiger partial charge in [-0.15, -0.1) is 13.2 Å². The lowest BCUT2D eigenvalue weighted by Crippen LogP contribution is -2.48. The highest BCUT2D eigenvalue weighted by atomic mass is 35.5. The number of nitrogens with zero attached hydrogens (tertiary/aromatic N) is 4. The van der Waals surface area contributed by atoms with E-state index in [4.69, 9.17) is 11.6 Å². The molecule has 0 aliphatic carbocycles. The Hall–Kier alpha value is -3.32. The SMILES string of the molecule is CC(C#N)(Cn1cc2ncc(Cl)cc2n1)NC(=O)c1ccc(OC(F)(F)F)cc1. The molecule has 1 aromatic carbocycles. The van der Waals surface area contributed by atoms with E-state index in [1.807, 2.05) is 6.07 Å². The number of nitriles is 1. The molecule has 0 radical (unpaired) electrons. The smallest absolute Gasteiger partial charge is 0.406 e. The molecule has 7 nitrogen and oxygen atoms in total. The van der Waals surface area contributed by atoms with Crippen molar-refractivity contribution in [3.63, 3.8) is 0 Å². The van der Waals surface area contributed by atoms with E-state index in [1.54, 1.807) is 12.3 Å². The molecular weight excluding hydrogens is 411 g/mol. The predicted molar refractivity (Wildman–Crippen MR) is 97.1 cm³/mol. The molecule has 0 fully saturated rings. The van der Waals surface area contributed by atoms with Gasteiger partial charge in [0.05, 0.1) is 23.8 Å². The van der Waals surface area contributed by atoms with Crippen molar-refractivity contribution in [1.82, 2.24) is 20.1 Å². The van der Waals surface area contributed by atoms with Crippen LogP contribution in [0.2, 0.25) is 5.02 Å². The minimum Gasteiger partial charge on any atom is -0.406 e. The van der Waals surface area contributed by atoms with Crippen LogP contribution in [0.1, 0.15) is 17.3 Å². The number of amides is 1. The quantitative estimate of drug-likeness (QED) is 0.675. The van der Waals surface area contributed by atoms with Crippen molar-refractivity contribution < 1.29 is 22.7 Å². The van der Waals surface area contributed by atoms with E-state index in [2.05, 4.69) is 20.1 Å². The molecule has 1 unspecified atom stereocenters. The Morgan fingerprint density at radius 2 is 2.00 bits per heavy atom. The molecule has 3 aromatic rings. The molecular formula is C18H13ClF3N5O2. The van der Waals surface area contributed by atoms with Crippen molar-refractivity contribution in [1.29, 1.82) is 5.26 Å². The lowest BCUT2D eigenvalue weighted by atomic mass is 10.0. The summed E-state index contributed by atoms with van der Waals surface area (Å²) in [4.78, 5) is 16.6. The Morgan fingerprint density at radius 3 is 2.62 bits per heavy atom. The summed E-state index contributed by atoms with van der Waals surface area (Å²) in [5.74, 6) is -1.09. The van der Waals surface area contributed by atoms with Crippen molar-refractivity contribution in [2.75, 3.05) is 0 Å². The van der Waals surface area contributed by atoms with Crippen LogP contribution in [0, 0.1) is 11.3 Å². The lowest BCUT2D eigenvalue weighted by Gasteiger charge is -2.23. The van der Waals surface area contributed by atoms with E-state index >= 15 is 0 Å². The second-order valence-electron chi connectivity index (χ2n) is 6.35. The molecule has 1 N–H and O–H groups in total. The molecule has 11 heteroatoms. The van der Waals surface area contributed by atoms with Crippen LogP contribution in [-0.2, 0) is 6.54 Å². The van der Waals surface area contributed by atoms with Gasteiger partial charge in [-0.25, -0.2) is 0 Å². The van der Waals surface area contributed by atoms with Crippen LogP contribution in [0.3, 0.4) is 0 Å². The van der Waals surface area contributed by atoms with Gasteiger partial charge in [0, 0.05) is 11.8 Å². The Bertz CT molecular complexity index is 1090. The minimum atomic E-state index is -4.82. The number of ether oxygens (including phenoxy) is 1. The van der Waals surface area contributed by atoms with Gasteiger partial charge in [-0.2, -0.15) is 10.4 Å². The van der Waals surface area contributed by atoms with Gasteiger partial charge in [-0.3, -0.25) is 14.5 Å². The van der Waals surface area contributed by atoms with Gasteiger partial charge in [0.1, 0.15) is 22.3 Å². The van der Waals surface area contributed by atoms with Gasteiger partial charge < -0.3 is 10.1 Å². The zero-order chi connectivity index (χ0) is 21.2. The highest BCUT2D eigenvalue weighted by Gasteiger charge is 2.31. The molecule has 2 aromatic heterocycles. The molecule has 1 amide bonds. The lowest BCUT2D eigenvalue weighted by molar-refractivity contribution is -0.274. The van der Waals surface area contributed by atoms with E-state index in [0.717, 1.165) is 12.1 Å². The number of hydrogen-bond donors (Lipinski definition) is 1. The summed E-state index contributed by atoms with van der Waals surface area (Å²) in [6, 6.07) is 8.00. The number of fused-ring (bicyclic) bond motifs is 1. The number of halogens is 4. The number of benzene rings is 1. The number of hydrogen-bond acceptors (Lipinski definition) is 5. The zero-order valence-corrected chi connectivity index (χ0v) is 15.6. The van der Waals surface area contributed by atoms with Crippen molar-refractivity contribution >= 4 is 28.5 Å². The number of nitrogens with one attached hydrogen (secondary N) is 1. The van der Waals surface area contributed by atoms with Gasteiger partial charge in [0.25, 0.3) is 5.91 Å². The highest BCUT2D eigenvalue weighted by molar-refractivity contribution is 6.31. The Morgan fingerprint density at radius 1 is 1.31 bits per heavy atom. The van der Waals surface area contributed by atoms with Crippen LogP contribution in [0.25, 0.3) is 11.0 Å². The third-order valence-electron chi connectivity index (χ3n) is 3.84. The minimum absolute atomic E-state index is 0.0124. The Labute approximate surface area is 167 Å². The van der Waals surface area contributed by atoms with E-state index in [-0.39, 0.29) is 12.1 Å². The van der Waals surface area contributed by atoms with Crippen molar-refractivity contribution in [3.05, 3.63) is 53.3 Å². The second-order valence-corrected chi connectivity index (χ2v) is 6.79. The molecule has 0 aliphatic rings. The maximum absolute atomic E-state index is 12.4. The number of carbonyl (C=O) groups is 1. The summed E-state index contributed by atoms with van der Waals surface area (Å²) < 4.78 is 41.9. The Kier molecular flexibility index (Phi) is 5.35. The predicted octanol–water partition coefficient (Wildman–Crippen LogP) is 3.70. The standard InChI is InChI=1S/C18H13ClF3N5O2/c1-17(9-23,10-27-8-15-14(26-27)6-12(19)7-24-15)25-16(28)11-2-4-13(5-3-11)29-18(20,21)22/h2-8H,10H2,1H3,(H,25,28). The molecule has 3 rings (SSSR count). The summed E-state index contributed by atoms with van der Waals surface area (Å²) in [7, 11) is 0. The first kappa shape index (κ1) is 20.4. The maximum atomic E-state index is 12.4. The Balaban J connectivity index is 1.73. The summed E-state index contributed by atoms with van der Waals surface area (Å²) in [5, 5.41) is 16.8. The topological polar surface area (TPSA) is 92.8 Å². The van der Waals surface area contributed by atoms with Crippen LogP contribution in [-0.4, -0.2) is 32.6 Å². The van der Waals surface area contributed by atoms with Crippen molar-refractivity contribution in [3.8, 4) is 11.8 Å². The molecule has 0 aliphatic heterocycles. The zero-order valence-electron chi connectivity index (χ0n) is 14.9. The number of aromatic nitrogens is 3. The molecule has 0 saturated carbocycles. The fraction of sp³-hybridized carbons (Fsp3) is 0.222. The first-order chi connectivity index (χ1) is 13.6. The van der Waals surface area contributed by atoms with Crippen LogP contribution >= 0.6 is 11.6 Å². The largest absolute Gasteiger partial charge is 0.573 e. The van der Waals surface area contributed by atoms with Gasteiger partial charge in [-0.05, 0) is 37.3 Å². The molecule has 0 saturated heterocycles. The number of rotatable bonds is 5. The van der Waals surface area contributed by atoms with E-state index in [0.29, 0.717) is 16.1 Å². The van der Waals surface area contributed by atoms with Gasteiger partial charge in [-0.1, -0.05) is 11.6 Å². The second kappa shape index (κ2) is 7.60. The fourth-order valence-corrected chi connectivity index (χ4v) is 2.72. The number of pyridine rings is 1. The average Bonchev–Trinajstić information content (AvgIpc) is 3.01. The maximum Gasteiger partial charge on any atom is 0.573 e. The van der Waals surface area contributed by atoms with Crippen LogP contribution < -0.4 is 10.1 Å². The summed E-state index contributed by atoms with van der Waals surface area (Å²) in [5.41, 5.74) is -0.171. The number of alkyl halides is 3.